The van der Waals surface area contributed by atoms with Crippen LogP contribution in [-0.2, 0) is 9.47 Å². The molecule has 0 unspecified atom stereocenters. The number of hydrogen-bond donors (Lipinski definition) is 2. The molecule has 2 saturated heterocycles. The van der Waals surface area contributed by atoms with Gasteiger partial charge in [0.15, 0.2) is 17.4 Å². The van der Waals surface area contributed by atoms with Crippen molar-refractivity contribution in [3.05, 3.63) is 30.2 Å². The van der Waals surface area contributed by atoms with Crippen LogP contribution in [0.2, 0.25) is 0 Å². The van der Waals surface area contributed by atoms with E-state index in [0.29, 0.717) is 31.8 Å². The Morgan fingerprint density at radius 3 is 2.74 bits per heavy atom. The van der Waals surface area contributed by atoms with Crippen molar-refractivity contribution >= 4 is 29.3 Å². The lowest BCUT2D eigenvalue weighted by Crippen LogP contribution is -2.48. The average molecular weight is 537 g/mol. The van der Waals surface area contributed by atoms with Gasteiger partial charge in [-0.05, 0) is 32.4 Å². The molecule has 15 heteroatoms. The average Bonchev–Trinajstić information content (AvgIpc) is 3.44. The van der Waals surface area contributed by atoms with E-state index in [2.05, 4.69) is 20.3 Å². The largest absolute Gasteiger partial charge is 0.474 e. The highest BCUT2D eigenvalue weighted by molar-refractivity contribution is 6.04. The number of nitrogens with one attached hydrogen (secondary N) is 2. The van der Waals surface area contributed by atoms with Crippen LogP contribution in [0.5, 0.6) is 5.88 Å². The van der Waals surface area contributed by atoms with Gasteiger partial charge in [-0.2, -0.15) is 13.2 Å². The van der Waals surface area contributed by atoms with Gasteiger partial charge in [0.05, 0.1) is 30.7 Å². The topological polar surface area (TPSA) is 131 Å². The van der Waals surface area contributed by atoms with E-state index in [0.717, 1.165) is 0 Å². The molecule has 3 aliphatic heterocycles. The first kappa shape index (κ1) is 25.9. The van der Waals surface area contributed by atoms with E-state index in [1.165, 1.54) is 23.4 Å². The van der Waals surface area contributed by atoms with Crippen LogP contribution >= 0.6 is 0 Å². The van der Waals surface area contributed by atoms with Gasteiger partial charge in [0.1, 0.15) is 24.9 Å². The van der Waals surface area contributed by atoms with Gasteiger partial charge in [-0.3, -0.25) is 15.0 Å². The van der Waals surface area contributed by atoms with E-state index >= 15 is 0 Å². The number of nitrogens with zero attached hydrogens (tertiary/aromatic N) is 5. The lowest BCUT2D eigenvalue weighted by Gasteiger charge is -2.35. The Morgan fingerprint density at radius 2 is 2.05 bits per heavy atom. The van der Waals surface area contributed by atoms with Gasteiger partial charge in [-0.25, -0.2) is 19.7 Å². The van der Waals surface area contributed by atoms with E-state index in [-0.39, 0.29) is 42.0 Å². The van der Waals surface area contributed by atoms with E-state index in [1.807, 2.05) is 18.7 Å². The maximum absolute atomic E-state index is 13.3. The van der Waals surface area contributed by atoms with Gasteiger partial charge in [0, 0.05) is 13.1 Å². The molecular weight excluding hydrogens is 511 g/mol. The van der Waals surface area contributed by atoms with Crippen molar-refractivity contribution in [3.63, 3.8) is 0 Å². The predicted octanol–water partition coefficient (Wildman–Crippen LogP) is 2.32. The van der Waals surface area contributed by atoms with Crippen LogP contribution in [0.3, 0.4) is 0 Å². The number of carbonyl (C=O) groups is 2. The van der Waals surface area contributed by atoms with Crippen molar-refractivity contribution in [1.82, 2.24) is 20.3 Å². The first-order valence-corrected chi connectivity index (χ1v) is 12.0. The molecular formula is C23H26F3N7O5. The number of urea groups is 1. The Bertz CT molecular complexity index is 1210. The van der Waals surface area contributed by atoms with Gasteiger partial charge in [0.25, 0.3) is 5.91 Å². The quantitative estimate of drug-likeness (QED) is 0.570. The van der Waals surface area contributed by atoms with E-state index in [4.69, 9.17) is 14.2 Å². The van der Waals surface area contributed by atoms with Crippen LogP contribution in [0.15, 0.2) is 24.5 Å². The highest BCUT2D eigenvalue weighted by atomic mass is 19.4. The summed E-state index contributed by atoms with van der Waals surface area (Å²) in [4.78, 5) is 41.6. The zero-order valence-electron chi connectivity index (χ0n) is 20.6. The molecule has 5 rings (SSSR count). The summed E-state index contributed by atoms with van der Waals surface area (Å²) in [5.41, 5.74) is 0.381. The minimum absolute atomic E-state index is 0.157. The molecule has 0 spiro atoms. The van der Waals surface area contributed by atoms with Crippen LogP contribution in [0.4, 0.5) is 35.3 Å². The number of aromatic nitrogens is 3. The fraction of sp³-hybridized carbons (Fsp3) is 0.522. The van der Waals surface area contributed by atoms with Gasteiger partial charge in [-0.1, -0.05) is 0 Å². The zero-order chi connectivity index (χ0) is 27.1. The van der Waals surface area contributed by atoms with Crippen molar-refractivity contribution in [2.75, 3.05) is 48.0 Å². The van der Waals surface area contributed by atoms with E-state index in [9.17, 15) is 22.8 Å². The Morgan fingerprint density at radius 1 is 1.24 bits per heavy atom. The summed E-state index contributed by atoms with van der Waals surface area (Å²) >= 11 is 0. The molecule has 0 radical (unpaired) electrons. The SMILES string of the molecule is CC1(C)OC[C@H](COc2cnc(NC(=O)N3c4nc(C(=O)NCC(F)(F)F)ccc4N4CC[C@H]3C4)cn2)O1. The molecule has 3 amide bonds. The third-order valence-electron chi connectivity index (χ3n) is 6.20. The molecule has 2 aromatic rings. The highest BCUT2D eigenvalue weighted by Crippen LogP contribution is 2.39. The maximum atomic E-state index is 13.3. The van der Waals surface area contributed by atoms with Crippen LogP contribution in [0, 0.1) is 0 Å². The molecule has 12 nitrogen and oxygen atoms in total. The third kappa shape index (κ3) is 5.72. The molecule has 38 heavy (non-hydrogen) atoms. The normalized spacial score (nSPS) is 21.7. The molecule has 5 heterocycles. The second kappa shape index (κ2) is 9.87. The lowest BCUT2D eigenvalue weighted by molar-refractivity contribution is -0.141. The molecule has 2 atom stereocenters. The Kier molecular flexibility index (Phi) is 6.73. The first-order chi connectivity index (χ1) is 18.0. The molecule has 2 bridgehead atoms. The zero-order valence-corrected chi connectivity index (χ0v) is 20.6. The van der Waals surface area contributed by atoms with Crippen molar-refractivity contribution in [3.8, 4) is 5.88 Å². The van der Waals surface area contributed by atoms with E-state index in [1.54, 1.807) is 11.4 Å². The van der Waals surface area contributed by atoms with Crippen LogP contribution in [-0.4, -0.2) is 83.8 Å². The van der Waals surface area contributed by atoms with Crippen molar-refractivity contribution in [2.24, 2.45) is 0 Å². The molecule has 2 N–H and O–H groups in total. The summed E-state index contributed by atoms with van der Waals surface area (Å²) in [6.07, 6.45) is -1.45. The summed E-state index contributed by atoms with van der Waals surface area (Å²) in [6, 6.07) is 2.13. The predicted molar refractivity (Wildman–Crippen MR) is 127 cm³/mol. The number of hydrogen-bond acceptors (Lipinski definition) is 9. The van der Waals surface area contributed by atoms with Crippen molar-refractivity contribution in [1.29, 1.82) is 0 Å². The molecule has 0 aromatic carbocycles. The Hall–Kier alpha value is -3.72. The van der Waals surface area contributed by atoms with Gasteiger partial charge in [-0.15, -0.1) is 0 Å². The number of rotatable bonds is 6. The van der Waals surface area contributed by atoms with Gasteiger partial charge in [0.2, 0.25) is 5.88 Å². The number of pyridine rings is 1. The van der Waals surface area contributed by atoms with Gasteiger partial charge < -0.3 is 24.4 Å². The highest BCUT2D eigenvalue weighted by Gasteiger charge is 2.41. The summed E-state index contributed by atoms with van der Waals surface area (Å²) < 4.78 is 54.3. The number of fused-ring (bicyclic) bond motifs is 4. The Balaban J connectivity index is 1.26. The maximum Gasteiger partial charge on any atom is 0.405 e. The molecule has 3 aliphatic rings. The fourth-order valence-corrected chi connectivity index (χ4v) is 4.52. The summed E-state index contributed by atoms with van der Waals surface area (Å²) in [5.74, 6) is -1.07. The van der Waals surface area contributed by atoms with Crippen LogP contribution in [0.25, 0.3) is 0 Å². The van der Waals surface area contributed by atoms with Crippen molar-refractivity contribution in [2.45, 2.75) is 44.4 Å². The number of amides is 3. The molecule has 0 aliphatic carbocycles. The Labute approximate surface area is 215 Å². The fourth-order valence-electron chi connectivity index (χ4n) is 4.52. The van der Waals surface area contributed by atoms with E-state index < -0.39 is 30.4 Å². The second-order valence-corrected chi connectivity index (χ2v) is 9.53. The lowest BCUT2D eigenvalue weighted by atomic mass is 10.1. The van der Waals surface area contributed by atoms with Gasteiger partial charge >= 0.3 is 12.2 Å². The molecule has 204 valence electrons. The number of ether oxygens (including phenoxy) is 3. The standard InChI is InChI=1S/C23H26F3N7O5/c1-22(2)37-11-14(38-22)10-36-18-8-27-17(7-28-18)31-21(35)33-13-5-6-32(9-13)16-4-3-15(30-19(16)33)20(34)29-12-23(24,25)26/h3-4,7-8,13-14H,5-6,9-12H2,1-2H3,(H,29,34)(H,27,31,35)/t13-,14-/m0/s1. The second-order valence-electron chi connectivity index (χ2n) is 9.53. The first-order valence-electron chi connectivity index (χ1n) is 12.0. The number of anilines is 3. The van der Waals surface area contributed by atoms with Crippen molar-refractivity contribution < 1.29 is 37.0 Å². The summed E-state index contributed by atoms with van der Waals surface area (Å²) in [6.45, 7) is 3.98. The van der Waals surface area contributed by atoms with Crippen LogP contribution < -0.4 is 25.2 Å². The minimum Gasteiger partial charge on any atom is -0.474 e. The number of alkyl halides is 3. The number of halogens is 3. The third-order valence-corrected chi connectivity index (χ3v) is 6.20. The summed E-state index contributed by atoms with van der Waals surface area (Å²) in [5, 5.41) is 4.47. The molecule has 2 aromatic heterocycles. The van der Waals surface area contributed by atoms with Crippen LogP contribution in [0.1, 0.15) is 30.8 Å². The summed E-state index contributed by atoms with van der Waals surface area (Å²) in [7, 11) is 0. The number of carbonyl (C=O) groups excluding carboxylic acids is 2. The monoisotopic (exact) mass is 537 g/mol. The minimum atomic E-state index is -4.56. The molecule has 0 saturated carbocycles. The smallest absolute Gasteiger partial charge is 0.405 e. The molecule has 2 fully saturated rings.